The smallest absolute Gasteiger partial charge is 0.408 e. The van der Waals surface area contributed by atoms with Crippen molar-refractivity contribution in [2.24, 2.45) is 0 Å². The molecule has 1 amide bonds. The summed E-state index contributed by atoms with van der Waals surface area (Å²) in [4.78, 5) is 32.1. The Balaban J connectivity index is 1.35. The minimum absolute atomic E-state index is 0.0820. The highest BCUT2D eigenvalue weighted by Gasteiger charge is 2.26. The van der Waals surface area contributed by atoms with Crippen LogP contribution in [0.1, 0.15) is 31.9 Å². The number of benzene rings is 3. The largest absolute Gasteiger partial charge is 0.459 e. The minimum Gasteiger partial charge on any atom is -0.459 e. The third-order valence-corrected chi connectivity index (χ3v) is 5.28. The monoisotopic (exact) mass is 518 g/mol. The molecule has 0 bridgehead atoms. The molecule has 0 aliphatic rings. The van der Waals surface area contributed by atoms with Gasteiger partial charge in [0.2, 0.25) is 0 Å². The van der Waals surface area contributed by atoms with Crippen molar-refractivity contribution in [1.82, 2.24) is 20.5 Å². The molecule has 1 atom stereocenters. The maximum Gasteiger partial charge on any atom is 0.408 e. The van der Waals surface area contributed by atoms with E-state index in [2.05, 4.69) is 15.6 Å². The Bertz CT molecular complexity index is 1350. The zero-order valence-corrected chi connectivity index (χ0v) is 21.5. The maximum atomic E-state index is 12.9. The van der Waals surface area contributed by atoms with Gasteiger partial charge < -0.3 is 24.4 Å². The van der Waals surface area contributed by atoms with Crippen LogP contribution in [-0.2, 0) is 27.3 Å². The minimum atomic E-state index is -0.940. The van der Waals surface area contributed by atoms with E-state index in [1.165, 1.54) is 4.85 Å². The molecule has 10 nitrogen and oxygen atoms in total. The SMILES string of the molecule is CC(C)(C)OC(=O)N[C@H](Cc1ccc(OCOn2nnc3ccccc32)cc1)C(=O)OCc1ccccc1. The molecule has 1 aromatic heterocycles. The van der Waals surface area contributed by atoms with Crippen LogP contribution in [0.2, 0.25) is 0 Å². The summed E-state index contributed by atoms with van der Waals surface area (Å²) in [6.45, 7) is 5.27. The first-order valence-electron chi connectivity index (χ1n) is 12.1. The molecule has 10 heteroatoms. The second-order valence-corrected chi connectivity index (χ2v) is 9.48. The molecule has 4 aromatic rings. The molecule has 0 aliphatic heterocycles. The summed E-state index contributed by atoms with van der Waals surface area (Å²) in [5.41, 5.74) is 2.38. The summed E-state index contributed by atoms with van der Waals surface area (Å²) >= 11 is 0. The fourth-order valence-corrected chi connectivity index (χ4v) is 3.52. The van der Waals surface area contributed by atoms with Crippen LogP contribution < -0.4 is 14.9 Å². The van der Waals surface area contributed by atoms with Crippen LogP contribution in [-0.4, -0.2) is 45.7 Å². The number of carbonyl (C=O) groups excluding carboxylic acids is 2. The fourth-order valence-electron chi connectivity index (χ4n) is 3.52. The van der Waals surface area contributed by atoms with Crippen molar-refractivity contribution in [1.29, 1.82) is 0 Å². The maximum absolute atomic E-state index is 12.9. The lowest BCUT2D eigenvalue weighted by Crippen LogP contribution is -2.45. The van der Waals surface area contributed by atoms with E-state index in [1.807, 2.05) is 54.6 Å². The molecule has 0 spiro atoms. The summed E-state index contributed by atoms with van der Waals surface area (Å²) in [6.07, 6.45) is -0.494. The zero-order valence-electron chi connectivity index (χ0n) is 21.5. The number of amides is 1. The van der Waals surface area contributed by atoms with Crippen molar-refractivity contribution < 1.29 is 28.6 Å². The molecule has 0 saturated carbocycles. The molecule has 38 heavy (non-hydrogen) atoms. The van der Waals surface area contributed by atoms with Crippen molar-refractivity contribution >= 4 is 23.1 Å². The van der Waals surface area contributed by atoms with Crippen LogP contribution in [0.5, 0.6) is 5.75 Å². The Morgan fingerprint density at radius 1 is 0.921 bits per heavy atom. The Kier molecular flexibility index (Phi) is 8.42. The lowest BCUT2D eigenvalue weighted by atomic mass is 10.1. The van der Waals surface area contributed by atoms with Gasteiger partial charge in [-0.05, 0) is 61.4 Å². The molecule has 0 fully saturated rings. The number of hydrogen-bond donors (Lipinski definition) is 1. The van der Waals surface area contributed by atoms with E-state index in [0.717, 1.165) is 16.6 Å². The number of alkyl carbamates (subject to hydrolysis) is 1. The van der Waals surface area contributed by atoms with Crippen molar-refractivity contribution in [3.8, 4) is 5.75 Å². The Morgan fingerprint density at radius 3 is 2.37 bits per heavy atom. The second kappa shape index (κ2) is 12.1. The van der Waals surface area contributed by atoms with Crippen molar-refractivity contribution in [2.45, 2.75) is 45.4 Å². The van der Waals surface area contributed by atoms with Crippen molar-refractivity contribution in [3.63, 3.8) is 0 Å². The topological polar surface area (TPSA) is 114 Å². The Labute approximate surface area is 220 Å². The zero-order chi connectivity index (χ0) is 27.0. The molecule has 4 rings (SSSR count). The average molecular weight is 519 g/mol. The molecule has 0 aliphatic carbocycles. The highest BCUT2D eigenvalue weighted by atomic mass is 16.8. The number of nitrogens with one attached hydrogen (secondary N) is 1. The quantitative estimate of drug-likeness (QED) is 0.247. The average Bonchev–Trinajstić information content (AvgIpc) is 3.30. The van der Waals surface area contributed by atoms with E-state index >= 15 is 0 Å². The molecular weight excluding hydrogens is 488 g/mol. The summed E-state index contributed by atoms with van der Waals surface area (Å²) in [7, 11) is 0. The molecule has 198 valence electrons. The van der Waals surface area contributed by atoms with Crippen LogP contribution in [0.3, 0.4) is 0 Å². The van der Waals surface area contributed by atoms with Gasteiger partial charge in [0, 0.05) is 6.42 Å². The van der Waals surface area contributed by atoms with Gasteiger partial charge in [-0.15, -0.1) is 5.10 Å². The molecule has 1 heterocycles. The highest BCUT2D eigenvalue weighted by molar-refractivity contribution is 5.81. The van der Waals surface area contributed by atoms with E-state index in [0.29, 0.717) is 11.3 Å². The van der Waals surface area contributed by atoms with Gasteiger partial charge in [0.15, 0.2) is 0 Å². The standard InChI is InChI=1S/C28H30N4O6/c1-28(2,3)38-27(34)29-24(26(33)35-18-21-9-5-4-6-10-21)17-20-13-15-22(16-14-20)36-19-37-32-25-12-8-7-11-23(25)30-31-32/h4-16,24H,17-19H2,1-3H3,(H,29,34)/t24-/m1/s1. The first kappa shape index (κ1) is 26.5. The molecule has 0 radical (unpaired) electrons. The summed E-state index contributed by atoms with van der Waals surface area (Å²) in [6, 6.07) is 22.9. The number of esters is 1. The van der Waals surface area contributed by atoms with Gasteiger partial charge in [0.1, 0.15) is 35.0 Å². The normalized spacial score (nSPS) is 12.0. The number of aromatic nitrogens is 3. The van der Waals surface area contributed by atoms with Crippen LogP contribution in [0, 0.1) is 0 Å². The fraction of sp³-hybridized carbons (Fsp3) is 0.286. The number of fused-ring (bicyclic) bond motifs is 1. The third-order valence-electron chi connectivity index (χ3n) is 5.28. The van der Waals surface area contributed by atoms with Gasteiger partial charge in [-0.2, -0.15) is 0 Å². The molecule has 1 N–H and O–H groups in total. The lowest BCUT2D eigenvalue weighted by molar-refractivity contribution is -0.147. The number of rotatable bonds is 10. The van der Waals surface area contributed by atoms with E-state index in [4.69, 9.17) is 19.0 Å². The number of ether oxygens (including phenoxy) is 3. The van der Waals surface area contributed by atoms with Crippen molar-refractivity contribution in [2.75, 3.05) is 6.79 Å². The van der Waals surface area contributed by atoms with E-state index in [9.17, 15) is 9.59 Å². The first-order chi connectivity index (χ1) is 18.3. The van der Waals surface area contributed by atoms with Crippen LogP contribution in [0.25, 0.3) is 11.0 Å². The van der Waals surface area contributed by atoms with Gasteiger partial charge in [-0.25, -0.2) is 9.59 Å². The van der Waals surface area contributed by atoms with Crippen LogP contribution in [0.15, 0.2) is 78.9 Å². The van der Waals surface area contributed by atoms with Gasteiger partial charge in [-0.1, -0.05) is 59.4 Å². The number of hydrogen-bond acceptors (Lipinski definition) is 8. The van der Waals surface area contributed by atoms with Gasteiger partial charge >= 0.3 is 12.1 Å². The summed E-state index contributed by atoms with van der Waals surface area (Å²) in [5.74, 6) is -0.00465. The van der Waals surface area contributed by atoms with Crippen LogP contribution in [0.4, 0.5) is 4.79 Å². The van der Waals surface area contributed by atoms with E-state index in [-0.39, 0.29) is 19.8 Å². The van der Waals surface area contributed by atoms with Crippen molar-refractivity contribution in [3.05, 3.63) is 90.0 Å². The number of nitrogens with zero attached hydrogens (tertiary/aromatic N) is 3. The van der Waals surface area contributed by atoms with Crippen LogP contribution >= 0.6 is 0 Å². The van der Waals surface area contributed by atoms with Gasteiger partial charge in [-0.3, -0.25) is 0 Å². The molecule has 0 unspecified atom stereocenters. The first-order valence-corrected chi connectivity index (χ1v) is 12.1. The van der Waals surface area contributed by atoms with Gasteiger partial charge in [0.05, 0.1) is 0 Å². The Hall–Kier alpha value is -4.60. The third kappa shape index (κ3) is 7.70. The lowest BCUT2D eigenvalue weighted by Gasteiger charge is -2.23. The highest BCUT2D eigenvalue weighted by Crippen LogP contribution is 2.16. The molecular formula is C28H30N4O6. The predicted molar refractivity (Wildman–Crippen MR) is 139 cm³/mol. The summed E-state index contributed by atoms with van der Waals surface area (Å²) in [5, 5.41) is 10.6. The molecule has 0 saturated heterocycles. The number of para-hydroxylation sites is 1. The Morgan fingerprint density at radius 2 is 1.63 bits per heavy atom. The molecule has 3 aromatic carbocycles. The predicted octanol–water partition coefficient (Wildman–Crippen LogP) is 4.08. The van der Waals surface area contributed by atoms with E-state index < -0.39 is 23.7 Å². The van der Waals surface area contributed by atoms with Gasteiger partial charge in [0.25, 0.3) is 6.79 Å². The second-order valence-electron chi connectivity index (χ2n) is 9.48. The summed E-state index contributed by atoms with van der Waals surface area (Å²) < 4.78 is 16.5. The number of carbonyl (C=O) groups is 2. The van der Waals surface area contributed by atoms with E-state index in [1.54, 1.807) is 45.0 Å².